The summed E-state index contributed by atoms with van der Waals surface area (Å²) in [5, 5.41) is 0. The highest BCUT2D eigenvalue weighted by Crippen LogP contribution is 2.37. The van der Waals surface area contributed by atoms with E-state index >= 15 is 0 Å². The van der Waals surface area contributed by atoms with E-state index in [1.165, 1.54) is 12.8 Å². The van der Waals surface area contributed by atoms with E-state index in [1.807, 2.05) is 6.33 Å². The number of hydrogen-bond donors (Lipinski definition) is 1. The summed E-state index contributed by atoms with van der Waals surface area (Å²) in [4.78, 5) is 23.7. The summed E-state index contributed by atoms with van der Waals surface area (Å²) in [7, 11) is 0. The van der Waals surface area contributed by atoms with E-state index in [2.05, 4.69) is 49.0 Å². The fraction of sp³-hybridized carbons (Fsp3) is 0.462. The normalized spacial score (nSPS) is 14.8. The summed E-state index contributed by atoms with van der Waals surface area (Å²) in [6, 6.07) is 0.525. The van der Waals surface area contributed by atoms with Crippen LogP contribution in [0.15, 0.2) is 17.3 Å². The Morgan fingerprint density at radius 3 is 3.00 bits per heavy atom. The van der Waals surface area contributed by atoms with Gasteiger partial charge in [0.05, 0.1) is 21.8 Å². The largest absolute Gasteiger partial charge is 0.325 e. The zero-order valence-corrected chi connectivity index (χ0v) is 12.8. The van der Waals surface area contributed by atoms with Gasteiger partial charge in [0.1, 0.15) is 5.69 Å². The van der Waals surface area contributed by atoms with E-state index in [4.69, 9.17) is 0 Å². The molecular weight excluding hydrogens is 355 g/mol. The molecule has 2 aromatic rings. The summed E-state index contributed by atoms with van der Waals surface area (Å²) in [6.07, 6.45) is 7.77. The van der Waals surface area contributed by atoms with Crippen molar-refractivity contribution in [2.24, 2.45) is 0 Å². The van der Waals surface area contributed by atoms with Gasteiger partial charge in [0.15, 0.2) is 5.82 Å². The maximum atomic E-state index is 12.0. The van der Waals surface area contributed by atoms with Crippen molar-refractivity contribution in [1.29, 1.82) is 0 Å². The lowest BCUT2D eigenvalue weighted by Gasteiger charge is -2.08. The van der Waals surface area contributed by atoms with Gasteiger partial charge in [-0.1, -0.05) is 13.3 Å². The molecule has 0 saturated heterocycles. The molecule has 0 aromatic carbocycles. The maximum absolute atomic E-state index is 12.0. The van der Waals surface area contributed by atoms with Crippen LogP contribution in [0.2, 0.25) is 0 Å². The van der Waals surface area contributed by atoms with E-state index in [0.29, 0.717) is 15.4 Å². The van der Waals surface area contributed by atoms with Crippen molar-refractivity contribution in [2.75, 3.05) is 0 Å². The number of rotatable bonds is 4. The Bertz CT molecular complexity index is 657. The molecule has 1 fully saturated rings. The molecule has 1 N–H and O–H groups in total. The standard InChI is InChI=1S/C13H15IN4O/c1-2-3-9-11(14)13(19)17-12(16-9)10-6-15-7-18(10)8-4-5-8/h6-8H,2-5H2,1H3,(H,16,17,19). The van der Waals surface area contributed by atoms with Crippen LogP contribution >= 0.6 is 22.6 Å². The highest BCUT2D eigenvalue weighted by Gasteiger charge is 2.26. The lowest BCUT2D eigenvalue weighted by atomic mass is 10.2. The van der Waals surface area contributed by atoms with E-state index in [0.717, 1.165) is 24.2 Å². The fourth-order valence-electron chi connectivity index (χ4n) is 2.16. The van der Waals surface area contributed by atoms with Gasteiger partial charge in [0.25, 0.3) is 5.56 Å². The Kier molecular flexibility index (Phi) is 3.42. The monoisotopic (exact) mass is 370 g/mol. The van der Waals surface area contributed by atoms with E-state index in [-0.39, 0.29) is 5.56 Å². The summed E-state index contributed by atoms with van der Waals surface area (Å²) in [6.45, 7) is 2.09. The molecule has 6 heteroatoms. The van der Waals surface area contributed by atoms with Gasteiger partial charge in [-0.15, -0.1) is 0 Å². The Balaban J connectivity index is 2.09. The lowest BCUT2D eigenvalue weighted by molar-refractivity contribution is 0.740. The van der Waals surface area contributed by atoms with Crippen molar-refractivity contribution in [2.45, 2.75) is 38.6 Å². The minimum Gasteiger partial charge on any atom is -0.325 e. The first kappa shape index (κ1) is 12.8. The minimum absolute atomic E-state index is 0.0578. The second-order valence-electron chi connectivity index (χ2n) is 4.84. The van der Waals surface area contributed by atoms with Crippen LogP contribution in [-0.2, 0) is 6.42 Å². The molecule has 0 atom stereocenters. The average molecular weight is 370 g/mol. The number of aryl methyl sites for hydroxylation is 1. The van der Waals surface area contributed by atoms with Crippen LogP contribution in [0.1, 0.15) is 37.9 Å². The molecule has 2 aromatic heterocycles. The van der Waals surface area contributed by atoms with Gasteiger partial charge in [-0.25, -0.2) is 9.97 Å². The zero-order chi connectivity index (χ0) is 13.4. The Morgan fingerprint density at radius 1 is 1.53 bits per heavy atom. The molecule has 100 valence electrons. The highest BCUT2D eigenvalue weighted by atomic mass is 127. The highest BCUT2D eigenvalue weighted by molar-refractivity contribution is 14.1. The molecule has 0 spiro atoms. The number of H-pyrrole nitrogens is 1. The molecule has 3 rings (SSSR count). The number of hydrogen-bond acceptors (Lipinski definition) is 3. The molecule has 0 radical (unpaired) electrons. The van der Waals surface area contributed by atoms with Crippen LogP contribution in [0.4, 0.5) is 0 Å². The number of aromatic nitrogens is 4. The molecule has 2 heterocycles. The minimum atomic E-state index is -0.0578. The molecule has 0 unspecified atom stereocenters. The van der Waals surface area contributed by atoms with Crippen LogP contribution < -0.4 is 5.56 Å². The molecule has 1 aliphatic carbocycles. The molecule has 5 nitrogen and oxygen atoms in total. The van der Waals surface area contributed by atoms with Crippen LogP contribution in [0.25, 0.3) is 11.5 Å². The second-order valence-corrected chi connectivity index (χ2v) is 5.92. The van der Waals surface area contributed by atoms with Crippen LogP contribution in [0, 0.1) is 3.57 Å². The van der Waals surface area contributed by atoms with E-state index < -0.39 is 0 Å². The number of nitrogens with one attached hydrogen (secondary N) is 1. The number of imidazole rings is 1. The van der Waals surface area contributed by atoms with Crippen LogP contribution in [0.3, 0.4) is 0 Å². The van der Waals surface area contributed by atoms with Crippen molar-refractivity contribution in [3.63, 3.8) is 0 Å². The quantitative estimate of drug-likeness (QED) is 0.842. The van der Waals surface area contributed by atoms with E-state index in [9.17, 15) is 4.79 Å². The van der Waals surface area contributed by atoms with Gasteiger partial charge in [0, 0.05) is 6.04 Å². The third kappa shape index (κ3) is 2.45. The van der Waals surface area contributed by atoms with Crippen molar-refractivity contribution < 1.29 is 0 Å². The summed E-state index contributed by atoms with van der Waals surface area (Å²) in [5.74, 6) is 0.637. The maximum Gasteiger partial charge on any atom is 0.264 e. The number of aromatic amines is 1. The SMILES string of the molecule is CCCc1nc(-c2cncn2C2CC2)[nH]c(=O)c1I. The molecule has 1 aliphatic rings. The molecule has 0 aliphatic heterocycles. The Hall–Kier alpha value is -1.18. The predicted octanol–water partition coefficient (Wildman–Crippen LogP) is 2.53. The lowest BCUT2D eigenvalue weighted by Crippen LogP contribution is -2.17. The van der Waals surface area contributed by atoms with Gasteiger partial charge in [-0.3, -0.25) is 4.79 Å². The molecule has 0 amide bonds. The van der Waals surface area contributed by atoms with Crippen LogP contribution in [0.5, 0.6) is 0 Å². The number of nitrogens with zero attached hydrogens (tertiary/aromatic N) is 3. The summed E-state index contributed by atoms with van der Waals surface area (Å²) < 4.78 is 2.81. The first-order chi connectivity index (χ1) is 9.20. The topological polar surface area (TPSA) is 63.6 Å². The smallest absolute Gasteiger partial charge is 0.264 e. The summed E-state index contributed by atoms with van der Waals surface area (Å²) >= 11 is 2.07. The third-order valence-corrected chi connectivity index (χ3v) is 4.38. The van der Waals surface area contributed by atoms with Gasteiger partial charge in [-0.2, -0.15) is 0 Å². The fourth-order valence-corrected chi connectivity index (χ4v) is 2.69. The van der Waals surface area contributed by atoms with Crippen molar-refractivity contribution in [1.82, 2.24) is 19.5 Å². The predicted molar refractivity (Wildman–Crippen MR) is 81.1 cm³/mol. The van der Waals surface area contributed by atoms with Gasteiger partial charge in [0.2, 0.25) is 0 Å². The Morgan fingerprint density at radius 2 is 2.32 bits per heavy atom. The van der Waals surface area contributed by atoms with Crippen molar-refractivity contribution in [3.8, 4) is 11.5 Å². The van der Waals surface area contributed by atoms with E-state index in [1.54, 1.807) is 6.20 Å². The van der Waals surface area contributed by atoms with Crippen LogP contribution in [-0.4, -0.2) is 19.5 Å². The molecular formula is C13H15IN4O. The Labute approximate surface area is 124 Å². The third-order valence-electron chi connectivity index (χ3n) is 3.27. The number of halogens is 1. The molecule has 1 saturated carbocycles. The molecule has 19 heavy (non-hydrogen) atoms. The zero-order valence-electron chi connectivity index (χ0n) is 10.7. The second kappa shape index (κ2) is 5.07. The van der Waals surface area contributed by atoms with Crippen molar-refractivity contribution in [3.05, 3.63) is 32.1 Å². The summed E-state index contributed by atoms with van der Waals surface area (Å²) in [5.41, 5.74) is 1.73. The van der Waals surface area contributed by atoms with Gasteiger partial charge >= 0.3 is 0 Å². The molecule has 0 bridgehead atoms. The van der Waals surface area contributed by atoms with Gasteiger partial charge in [-0.05, 0) is 41.9 Å². The first-order valence-corrected chi connectivity index (χ1v) is 7.59. The van der Waals surface area contributed by atoms with Crippen molar-refractivity contribution >= 4 is 22.6 Å². The average Bonchev–Trinajstić information content (AvgIpc) is 3.12. The van der Waals surface area contributed by atoms with Gasteiger partial charge < -0.3 is 9.55 Å². The first-order valence-electron chi connectivity index (χ1n) is 6.51.